The number of nitrogens with zero attached hydrogens (tertiary/aromatic N) is 3. The predicted molar refractivity (Wildman–Crippen MR) is 117 cm³/mol. The maximum Gasteiger partial charge on any atom is 0.263 e. The summed E-state index contributed by atoms with van der Waals surface area (Å²) in [5, 5.41) is 0. The molecule has 2 amide bonds. The van der Waals surface area contributed by atoms with Gasteiger partial charge in [0.2, 0.25) is 5.91 Å². The van der Waals surface area contributed by atoms with Crippen molar-refractivity contribution in [2.75, 3.05) is 24.6 Å². The predicted octanol–water partition coefficient (Wildman–Crippen LogP) is 2.73. The summed E-state index contributed by atoms with van der Waals surface area (Å²) in [7, 11) is -3.86. The van der Waals surface area contributed by atoms with E-state index in [4.69, 9.17) is 0 Å². The first-order chi connectivity index (χ1) is 13.8. The van der Waals surface area contributed by atoms with Crippen LogP contribution in [0.15, 0.2) is 27.7 Å². The Hall–Kier alpha value is -1.52. The highest BCUT2D eigenvalue weighted by molar-refractivity contribution is 9.10. The molecule has 1 aromatic carbocycles. The Bertz CT molecular complexity index is 1080. The largest absolute Gasteiger partial charge is 0.342 e. The van der Waals surface area contributed by atoms with Gasteiger partial charge in [0, 0.05) is 24.1 Å². The number of hydrogen-bond acceptors (Lipinski definition) is 5. The smallest absolute Gasteiger partial charge is 0.263 e. The Kier molecular flexibility index (Phi) is 7.28. The summed E-state index contributed by atoms with van der Waals surface area (Å²) in [5.74, 6) is -2.56. The van der Waals surface area contributed by atoms with Gasteiger partial charge in [0.15, 0.2) is 14.6 Å². The Morgan fingerprint density at radius 2 is 1.83 bits per heavy atom. The first kappa shape index (κ1) is 22.2. The first-order valence-electron chi connectivity index (χ1n) is 9.64. The lowest BCUT2D eigenvalue weighted by atomic mass is 10.2. The molecular weight excluding hydrogens is 478 g/mol. The summed E-state index contributed by atoms with van der Waals surface area (Å²) in [6.07, 6.45) is 3.88. The molecular formula is C19H24BrN3O4S2. The van der Waals surface area contributed by atoms with Crippen LogP contribution in [0.4, 0.5) is 0 Å². The van der Waals surface area contributed by atoms with Gasteiger partial charge in [-0.2, -0.15) is 4.99 Å². The summed E-state index contributed by atoms with van der Waals surface area (Å²) in [5.41, 5.74) is 0.937. The number of halogens is 1. The third-order valence-corrected chi connectivity index (χ3v) is 7.73. The topological polar surface area (TPSA) is 88.8 Å². The second-order valence-corrected chi connectivity index (χ2v) is 11.1. The minimum Gasteiger partial charge on any atom is -0.342 e. The molecule has 3 rings (SSSR count). The van der Waals surface area contributed by atoms with E-state index in [1.165, 1.54) is 11.3 Å². The fourth-order valence-corrected chi connectivity index (χ4v) is 6.18. The molecule has 0 radical (unpaired) electrons. The van der Waals surface area contributed by atoms with E-state index < -0.39 is 33.2 Å². The Labute approximate surface area is 182 Å². The van der Waals surface area contributed by atoms with Crippen molar-refractivity contribution >= 4 is 59.1 Å². The van der Waals surface area contributed by atoms with Crippen LogP contribution >= 0.6 is 27.3 Å². The van der Waals surface area contributed by atoms with Crippen LogP contribution in [-0.2, 0) is 26.0 Å². The molecule has 1 saturated heterocycles. The molecule has 2 aromatic rings. The van der Waals surface area contributed by atoms with Gasteiger partial charge in [-0.15, -0.1) is 0 Å². The van der Waals surface area contributed by atoms with Gasteiger partial charge < -0.3 is 9.47 Å². The lowest BCUT2D eigenvalue weighted by Gasteiger charge is -2.19. The van der Waals surface area contributed by atoms with Gasteiger partial charge in [-0.25, -0.2) is 8.42 Å². The van der Waals surface area contributed by atoms with E-state index in [1.807, 2.05) is 29.7 Å². The monoisotopic (exact) mass is 501 g/mol. The summed E-state index contributed by atoms with van der Waals surface area (Å²) in [4.78, 5) is 30.8. The number of rotatable bonds is 5. The zero-order valence-corrected chi connectivity index (χ0v) is 19.5. The minimum absolute atomic E-state index is 0.421. The van der Waals surface area contributed by atoms with Crippen LogP contribution in [0.2, 0.25) is 0 Å². The maximum atomic E-state index is 12.4. The third kappa shape index (κ3) is 5.76. The molecule has 158 valence electrons. The molecule has 1 aromatic heterocycles. The highest BCUT2D eigenvalue weighted by Crippen LogP contribution is 2.22. The molecule has 2 heterocycles. The highest BCUT2D eigenvalue weighted by Gasteiger charge is 2.25. The van der Waals surface area contributed by atoms with Crippen molar-refractivity contribution in [3.63, 3.8) is 0 Å². The van der Waals surface area contributed by atoms with Crippen LogP contribution in [-0.4, -0.2) is 54.3 Å². The van der Waals surface area contributed by atoms with Crippen LogP contribution in [0.5, 0.6) is 0 Å². The molecule has 0 saturated carbocycles. The quantitative estimate of drug-likeness (QED) is 0.629. The van der Waals surface area contributed by atoms with Crippen LogP contribution in [0.1, 0.15) is 32.6 Å². The molecule has 0 bridgehead atoms. The molecule has 0 spiro atoms. The summed E-state index contributed by atoms with van der Waals surface area (Å²) >= 11 is 4.76. The van der Waals surface area contributed by atoms with E-state index in [0.29, 0.717) is 24.4 Å². The first-order valence-corrected chi connectivity index (χ1v) is 13.1. The highest BCUT2D eigenvalue weighted by atomic mass is 79.9. The normalized spacial score (nSPS) is 16.2. The lowest BCUT2D eigenvalue weighted by molar-refractivity contribution is -0.128. The number of hydrogen-bond donors (Lipinski definition) is 0. The van der Waals surface area contributed by atoms with E-state index in [0.717, 1.165) is 40.4 Å². The Morgan fingerprint density at radius 3 is 2.48 bits per heavy atom. The number of benzene rings is 1. The number of carbonyl (C=O) groups excluding carboxylic acids is 2. The molecule has 10 heteroatoms. The van der Waals surface area contributed by atoms with Crippen LogP contribution < -0.4 is 4.80 Å². The van der Waals surface area contributed by atoms with Crippen molar-refractivity contribution in [1.82, 2.24) is 9.47 Å². The number of carbonyl (C=O) groups is 2. The fraction of sp³-hybridized carbons (Fsp3) is 0.526. The molecule has 7 nitrogen and oxygen atoms in total. The summed E-state index contributed by atoms with van der Waals surface area (Å²) in [6, 6.07) is 5.78. The van der Waals surface area contributed by atoms with Crippen molar-refractivity contribution in [1.29, 1.82) is 0 Å². The summed E-state index contributed by atoms with van der Waals surface area (Å²) < 4.78 is 28.6. The molecule has 29 heavy (non-hydrogen) atoms. The zero-order valence-electron chi connectivity index (χ0n) is 16.3. The van der Waals surface area contributed by atoms with Gasteiger partial charge in [0.25, 0.3) is 5.91 Å². The van der Waals surface area contributed by atoms with E-state index in [2.05, 4.69) is 20.9 Å². The molecule has 0 aliphatic carbocycles. The van der Waals surface area contributed by atoms with Crippen molar-refractivity contribution in [2.24, 2.45) is 4.99 Å². The van der Waals surface area contributed by atoms with Gasteiger partial charge >= 0.3 is 0 Å². The molecule has 1 fully saturated rings. The van der Waals surface area contributed by atoms with Gasteiger partial charge in [-0.1, -0.05) is 40.1 Å². The standard InChI is InChI=1S/C19H24BrN3O4S2/c1-2-23-15-8-7-14(20)11-16(15)28-19(23)21-17(24)12-29(26,27)13-18(25)22-9-5-3-4-6-10-22/h7-8,11H,2-6,9-10,12-13H2,1H3. The molecule has 1 aliphatic rings. The van der Waals surface area contributed by atoms with E-state index in [9.17, 15) is 18.0 Å². The third-order valence-electron chi connectivity index (χ3n) is 4.83. The van der Waals surface area contributed by atoms with E-state index in [1.54, 1.807) is 4.90 Å². The number of aromatic nitrogens is 1. The van der Waals surface area contributed by atoms with Gasteiger partial charge in [-0.3, -0.25) is 9.59 Å². The van der Waals surface area contributed by atoms with Gasteiger partial charge in [-0.05, 0) is 38.0 Å². The second kappa shape index (κ2) is 9.53. The maximum absolute atomic E-state index is 12.4. The fourth-order valence-electron chi connectivity index (χ4n) is 3.42. The number of thiazole rings is 1. The van der Waals surface area contributed by atoms with Gasteiger partial charge in [0.1, 0.15) is 11.5 Å². The van der Waals surface area contributed by atoms with Gasteiger partial charge in [0.05, 0.1) is 10.2 Å². The van der Waals surface area contributed by atoms with Crippen LogP contribution in [0.25, 0.3) is 10.2 Å². The number of sulfone groups is 1. The van der Waals surface area contributed by atoms with E-state index >= 15 is 0 Å². The summed E-state index contributed by atoms with van der Waals surface area (Å²) in [6.45, 7) is 3.71. The lowest BCUT2D eigenvalue weighted by Crippen LogP contribution is -2.37. The number of fused-ring (bicyclic) bond motifs is 1. The number of amides is 2. The Balaban J connectivity index is 1.75. The SMILES string of the molecule is CCn1c(=NC(=O)CS(=O)(=O)CC(=O)N2CCCCCC2)sc2cc(Br)ccc21. The molecule has 0 unspecified atom stereocenters. The average molecular weight is 502 g/mol. The van der Waals surface area contributed by atoms with Crippen molar-refractivity contribution < 1.29 is 18.0 Å². The molecule has 0 N–H and O–H groups in total. The van der Waals surface area contributed by atoms with Crippen molar-refractivity contribution in [3.8, 4) is 0 Å². The average Bonchev–Trinajstić information content (AvgIpc) is 2.81. The molecule has 0 atom stereocenters. The minimum atomic E-state index is -3.86. The van der Waals surface area contributed by atoms with Crippen molar-refractivity contribution in [3.05, 3.63) is 27.5 Å². The van der Waals surface area contributed by atoms with Crippen LogP contribution in [0.3, 0.4) is 0 Å². The second-order valence-electron chi connectivity index (χ2n) is 7.07. The Morgan fingerprint density at radius 1 is 1.14 bits per heavy atom. The molecule has 1 aliphatic heterocycles. The zero-order chi connectivity index (χ0) is 21.0. The van der Waals surface area contributed by atoms with Crippen LogP contribution in [0, 0.1) is 0 Å². The number of likely N-dealkylation sites (tertiary alicyclic amines) is 1. The van der Waals surface area contributed by atoms with Crippen molar-refractivity contribution in [2.45, 2.75) is 39.2 Å². The number of aryl methyl sites for hydroxylation is 1. The van der Waals surface area contributed by atoms with E-state index in [-0.39, 0.29) is 0 Å².